The van der Waals surface area contributed by atoms with Crippen molar-refractivity contribution >= 4 is 0 Å². The van der Waals surface area contributed by atoms with Gasteiger partial charge < -0.3 is 14.6 Å². The van der Waals surface area contributed by atoms with E-state index in [4.69, 9.17) is 15.0 Å². The molecule has 1 N–H and O–H groups in total. The fraction of sp³-hybridized carbons (Fsp3) is 0.571. The summed E-state index contributed by atoms with van der Waals surface area (Å²) in [5, 5.41) is 13.7. The summed E-state index contributed by atoms with van der Waals surface area (Å²) in [5.74, 6) is -0.117. The van der Waals surface area contributed by atoms with E-state index < -0.39 is 12.4 Å². The molecule has 2 unspecified atom stereocenters. The summed E-state index contributed by atoms with van der Waals surface area (Å²) in [7, 11) is 0. The van der Waals surface area contributed by atoms with Crippen LogP contribution in [0.25, 0.3) is 10.4 Å². The van der Waals surface area contributed by atoms with Crippen LogP contribution in [0, 0.1) is 5.92 Å². The first-order chi connectivity index (χ1) is 9.63. The van der Waals surface area contributed by atoms with Crippen LogP contribution in [0.2, 0.25) is 0 Å². The summed E-state index contributed by atoms with van der Waals surface area (Å²) in [5.41, 5.74) is 9.63. The van der Waals surface area contributed by atoms with Gasteiger partial charge in [0.15, 0.2) is 6.29 Å². The van der Waals surface area contributed by atoms with Gasteiger partial charge in [0.25, 0.3) is 0 Å². The molecule has 1 aliphatic rings. The van der Waals surface area contributed by atoms with Gasteiger partial charge in [0.05, 0.1) is 18.8 Å². The topological polar surface area (TPSA) is 87.5 Å². The van der Waals surface area contributed by atoms with Gasteiger partial charge >= 0.3 is 0 Å². The zero-order valence-corrected chi connectivity index (χ0v) is 11.6. The van der Waals surface area contributed by atoms with Crippen molar-refractivity contribution in [2.45, 2.75) is 45.0 Å². The first kappa shape index (κ1) is 14.8. The van der Waals surface area contributed by atoms with Crippen LogP contribution in [-0.2, 0) is 16.1 Å². The van der Waals surface area contributed by atoms with E-state index in [0.717, 1.165) is 5.56 Å². The molecule has 0 radical (unpaired) electrons. The molecule has 1 saturated heterocycles. The number of rotatable bonds is 4. The Morgan fingerprint density at radius 2 is 2.05 bits per heavy atom. The smallest absolute Gasteiger partial charge is 0.181 e. The van der Waals surface area contributed by atoms with Crippen molar-refractivity contribution < 1.29 is 14.6 Å². The van der Waals surface area contributed by atoms with Gasteiger partial charge in [-0.1, -0.05) is 42.4 Å². The molecule has 1 heterocycles. The van der Waals surface area contributed by atoms with Crippen LogP contribution in [0.1, 0.15) is 19.4 Å². The van der Waals surface area contributed by atoms with Crippen LogP contribution < -0.4 is 0 Å². The monoisotopic (exact) mass is 277 g/mol. The maximum absolute atomic E-state index is 9.99. The van der Waals surface area contributed by atoms with Crippen molar-refractivity contribution in [1.82, 2.24) is 0 Å². The molecule has 0 aromatic heterocycles. The van der Waals surface area contributed by atoms with Crippen LogP contribution in [0.15, 0.2) is 35.4 Å². The number of aliphatic hydroxyl groups excluding tert-OH is 1. The molecule has 2 rings (SSSR count). The first-order valence-electron chi connectivity index (χ1n) is 6.66. The highest BCUT2D eigenvalue weighted by Gasteiger charge is 2.41. The molecule has 6 nitrogen and oxygen atoms in total. The highest BCUT2D eigenvalue weighted by molar-refractivity contribution is 5.13. The fourth-order valence-electron chi connectivity index (χ4n) is 2.52. The van der Waals surface area contributed by atoms with E-state index in [9.17, 15) is 5.11 Å². The van der Waals surface area contributed by atoms with Gasteiger partial charge in [-0.05, 0) is 23.9 Å². The summed E-state index contributed by atoms with van der Waals surface area (Å²) in [6.07, 6.45) is -1.84. The van der Waals surface area contributed by atoms with Gasteiger partial charge in [-0.3, -0.25) is 0 Å². The lowest BCUT2D eigenvalue weighted by Gasteiger charge is -2.40. The Bertz CT molecular complexity index is 476. The number of hydrogen-bond acceptors (Lipinski definition) is 4. The Hall–Kier alpha value is -1.59. The van der Waals surface area contributed by atoms with Crippen molar-refractivity contribution in [2.75, 3.05) is 0 Å². The van der Waals surface area contributed by atoms with Gasteiger partial charge in [0, 0.05) is 4.91 Å². The third-order valence-corrected chi connectivity index (χ3v) is 3.64. The third kappa shape index (κ3) is 3.29. The maximum Gasteiger partial charge on any atom is 0.181 e. The van der Waals surface area contributed by atoms with E-state index in [2.05, 4.69) is 10.0 Å². The Labute approximate surface area is 118 Å². The minimum atomic E-state index is -1.01. The Morgan fingerprint density at radius 1 is 1.35 bits per heavy atom. The maximum atomic E-state index is 9.99. The quantitative estimate of drug-likeness (QED) is 0.521. The van der Waals surface area contributed by atoms with Gasteiger partial charge in [-0.15, -0.1) is 0 Å². The molecule has 1 fully saturated rings. The number of azide groups is 1. The van der Waals surface area contributed by atoms with Crippen LogP contribution in [0.3, 0.4) is 0 Å². The SMILES string of the molecule is CC1O[C@H](O)C(OCc2ccccc2)[C@@H](C)[C@@H]1N=[N+]=[N-]. The van der Waals surface area contributed by atoms with Crippen LogP contribution in [0.5, 0.6) is 0 Å². The number of benzene rings is 1. The molecule has 0 aliphatic carbocycles. The van der Waals surface area contributed by atoms with Crippen LogP contribution in [0.4, 0.5) is 0 Å². The molecule has 1 aromatic rings. The number of hydrogen-bond donors (Lipinski definition) is 1. The molecular weight excluding hydrogens is 258 g/mol. The van der Waals surface area contributed by atoms with E-state index in [1.54, 1.807) is 6.92 Å². The van der Waals surface area contributed by atoms with Gasteiger partial charge in [-0.2, -0.15) is 0 Å². The molecule has 1 aliphatic heterocycles. The average molecular weight is 277 g/mol. The second kappa shape index (κ2) is 6.72. The van der Waals surface area contributed by atoms with Gasteiger partial charge in [-0.25, -0.2) is 0 Å². The zero-order chi connectivity index (χ0) is 14.5. The van der Waals surface area contributed by atoms with E-state index in [1.165, 1.54) is 0 Å². The second-order valence-corrected chi connectivity index (χ2v) is 5.05. The Morgan fingerprint density at radius 3 is 2.70 bits per heavy atom. The van der Waals surface area contributed by atoms with E-state index in [0.29, 0.717) is 6.61 Å². The summed E-state index contributed by atoms with van der Waals surface area (Å²) in [6, 6.07) is 9.36. The summed E-state index contributed by atoms with van der Waals surface area (Å²) < 4.78 is 11.1. The molecule has 0 bridgehead atoms. The molecule has 1 aromatic carbocycles. The molecular formula is C14H19N3O3. The Balaban J connectivity index is 2.03. The second-order valence-electron chi connectivity index (χ2n) is 5.05. The number of nitrogens with zero attached hydrogens (tertiary/aromatic N) is 3. The van der Waals surface area contributed by atoms with Crippen molar-refractivity contribution in [1.29, 1.82) is 0 Å². The molecule has 108 valence electrons. The minimum Gasteiger partial charge on any atom is -0.368 e. The lowest BCUT2D eigenvalue weighted by Crippen LogP contribution is -2.52. The highest BCUT2D eigenvalue weighted by atomic mass is 16.6. The van der Waals surface area contributed by atoms with Gasteiger partial charge in [0.2, 0.25) is 0 Å². The van der Waals surface area contributed by atoms with E-state index >= 15 is 0 Å². The zero-order valence-electron chi connectivity index (χ0n) is 11.6. The number of aliphatic hydroxyl groups is 1. The lowest BCUT2D eigenvalue weighted by molar-refractivity contribution is -0.249. The summed E-state index contributed by atoms with van der Waals surface area (Å²) in [6.45, 7) is 4.07. The molecule has 20 heavy (non-hydrogen) atoms. The van der Waals surface area contributed by atoms with Crippen molar-refractivity contribution in [3.63, 3.8) is 0 Å². The standard InChI is InChI=1S/C14H19N3O3/c1-9-12(16-17-15)10(2)20-14(18)13(9)19-8-11-6-4-3-5-7-11/h3-7,9-10,12-14,18H,8H2,1-2H3/t9-,10?,12-,13?,14-/m0/s1. The molecule has 0 amide bonds. The molecule has 6 heteroatoms. The normalized spacial score (nSPS) is 33.5. The van der Waals surface area contributed by atoms with E-state index in [-0.39, 0.29) is 18.1 Å². The lowest BCUT2D eigenvalue weighted by atomic mass is 9.89. The summed E-state index contributed by atoms with van der Waals surface area (Å²) >= 11 is 0. The van der Waals surface area contributed by atoms with E-state index in [1.807, 2.05) is 37.3 Å². The van der Waals surface area contributed by atoms with Crippen LogP contribution >= 0.6 is 0 Å². The van der Waals surface area contributed by atoms with Gasteiger partial charge in [0.1, 0.15) is 6.10 Å². The van der Waals surface area contributed by atoms with Crippen molar-refractivity contribution in [3.05, 3.63) is 46.3 Å². The molecule has 0 spiro atoms. The van der Waals surface area contributed by atoms with Crippen molar-refractivity contribution in [3.8, 4) is 0 Å². The van der Waals surface area contributed by atoms with Crippen molar-refractivity contribution in [2.24, 2.45) is 11.0 Å². The summed E-state index contributed by atoms with van der Waals surface area (Å²) in [4.78, 5) is 2.85. The Kier molecular flexibility index (Phi) is 4.98. The molecule has 0 saturated carbocycles. The fourth-order valence-corrected chi connectivity index (χ4v) is 2.52. The first-order valence-corrected chi connectivity index (χ1v) is 6.66. The third-order valence-electron chi connectivity index (χ3n) is 3.64. The predicted molar refractivity (Wildman–Crippen MR) is 73.7 cm³/mol. The van der Waals surface area contributed by atoms with Crippen LogP contribution in [-0.4, -0.2) is 29.6 Å². The largest absolute Gasteiger partial charge is 0.368 e. The average Bonchev–Trinajstić information content (AvgIpc) is 2.44. The predicted octanol–water partition coefficient (Wildman–Crippen LogP) is 2.62. The molecule has 5 atom stereocenters. The minimum absolute atomic E-state index is 0.117. The highest BCUT2D eigenvalue weighted by Crippen LogP contribution is 2.29. The number of ether oxygens (including phenoxy) is 2.